The zero-order valence-corrected chi connectivity index (χ0v) is 11.4. The van der Waals surface area contributed by atoms with Gasteiger partial charge in [0.15, 0.2) is 0 Å². The van der Waals surface area contributed by atoms with Crippen LogP contribution in [0, 0.1) is 23.0 Å². The minimum absolute atomic E-state index is 0.0445. The molecule has 0 N–H and O–H groups in total. The monoisotopic (exact) mass is 273 g/mol. The van der Waals surface area contributed by atoms with Gasteiger partial charge in [0.25, 0.3) is 5.88 Å². The second-order valence-electron chi connectivity index (χ2n) is 4.37. The van der Waals surface area contributed by atoms with Gasteiger partial charge in [0.2, 0.25) is 5.28 Å². The first-order valence-electron chi connectivity index (χ1n) is 5.73. The zero-order chi connectivity index (χ0) is 13.7. The maximum absolute atomic E-state index is 10.9. The molecule has 18 heavy (non-hydrogen) atoms. The van der Waals surface area contributed by atoms with Crippen molar-refractivity contribution in [3.63, 3.8) is 0 Å². The number of halogens is 1. The predicted molar refractivity (Wildman–Crippen MR) is 68.0 cm³/mol. The Kier molecular flexibility index (Phi) is 5.27. The molecule has 0 aromatic carbocycles. The van der Waals surface area contributed by atoms with Crippen LogP contribution in [0.3, 0.4) is 0 Å². The molecular weight excluding hydrogens is 258 g/mol. The van der Waals surface area contributed by atoms with Crippen LogP contribution >= 0.6 is 11.6 Å². The second-order valence-corrected chi connectivity index (χ2v) is 4.71. The Hall–Kier alpha value is -1.43. The van der Waals surface area contributed by atoms with E-state index in [1.807, 2.05) is 0 Å². The Labute approximate surface area is 110 Å². The lowest BCUT2D eigenvalue weighted by Crippen LogP contribution is -2.06. The third kappa shape index (κ3) is 4.10. The summed E-state index contributed by atoms with van der Waals surface area (Å²) in [5, 5.41) is 10.9. The number of aryl methyl sites for hydroxylation is 1. The molecule has 0 atom stereocenters. The van der Waals surface area contributed by atoms with E-state index in [1.165, 1.54) is 6.92 Å². The van der Waals surface area contributed by atoms with Crippen molar-refractivity contribution in [2.24, 2.45) is 5.92 Å². The molecule has 1 rings (SSSR count). The van der Waals surface area contributed by atoms with E-state index in [2.05, 4.69) is 23.8 Å². The van der Waals surface area contributed by atoms with Crippen molar-refractivity contribution in [3.8, 4) is 5.88 Å². The Morgan fingerprint density at radius 2 is 2.11 bits per heavy atom. The smallest absolute Gasteiger partial charge is 0.352 e. The molecule has 0 bridgehead atoms. The van der Waals surface area contributed by atoms with Crippen LogP contribution in [0.2, 0.25) is 5.28 Å². The number of rotatable bonds is 6. The van der Waals surface area contributed by atoms with Gasteiger partial charge < -0.3 is 4.74 Å². The second kappa shape index (κ2) is 6.49. The molecule has 0 saturated carbocycles. The first-order valence-corrected chi connectivity index (χ1v) is 6.11. The molecule has 1 aromatic rings. The standard InChI is InChI=1S/C11H16ClN3O3/c1-7(2)5-4-6-18-10-9(15(16)17)8(3)13-11(12)14-10/h7H,4-6H2,1-3H3. The number of nitro groups is 1. The Morgan fingerprint density at radius 1 is 1.44 bits per heavy atom. The van der Waals surface area contributed by atoms with Gasteiger partial charge in [0.05, 0.1) is 11.5 Å². The minimum Gasteiger partial charge on any atom is -0.473 e. The van der Waals surface area contributed by atoms with Crippen LogP contribution in [0.1, 0.15) is 32.4 Å². The molecule has 6 nitrogen and oxygen atoms in total. The van der Waals surface area contributed by atoms with E-state index in [0.29, 0.717) is 12.5 Å². The van der Waals surface area contributed by atoms with Gasteiger partial charge in [-0.05, 0) is 37.3 Å². The van der Waals surface area contributed by atoms with Crippen LogP contribution in [0.5, 0.6) is 5.88 Å². The van der Waals surface area contributed by atoms with Crippen LogP contribution in [0.15, 0.2) is 0 Å². The SMILES string of the molecule is Cc1nc(Cl)nc(OCCCC(C)C)c1[N+](=O)[O-]. The first kappa shape index (κ1) is 14.6. The van der Waals surface area contributed by atoms with Crippen molar-refractivity contribution in [2.45, 2.75) is 33.6 Å². The topological polar surface area (TPSA) is 78.2 Å². The van der Waals surface area contributed by atoms with Gasteiger partial charge in [-0.2, -0.15) is 4.98 Å². The van der Waals surface area contributed by atoms with Crippen LogP contribution in [0.4, 0.5) is 5.69 Å². The highest BCUT2D eigenvalue weighted by molar-refractivity contribution is 6.28. The van der Waals surface area contributed by atoms with E-state index in [9.17, 15) is 10.1 Å². The summed E-state index contributed by atoms with van der Waals surface area (Å²) in [6.07, 6.45) is 1.81. The Balaban J connectivity index is 2.77. The normalized spacial score (nSPS) is 10.7. The fourth-order valence-electron chi connectivity index (χ4n) is 1.48. The molecular formula is C11H16ClN3O3. The van der Waals surface area contributed by atoms with E-state index in [1.54, 1.807) is 0 Å². The molecule has 0 saturated heterocycles. The van der Waals surface area contributed by atoms with Gasteiger partial charge in [-0.25, -0.2) is 4.98 Å². The fraction of sp³-hybridized carbons (Fsp3) is 0.636. The van der Waals surface area contributed by atoms with Crippen molar-refractivity contribution >= 4 is 17.3 Å². The van der Waals surface area contributed by atoms with Crippen LogP contribution in [0.25, 0.3) is 0 Å². The van der Waals surface area contributed by atoms with Crippen LogP contribution < -0.4 is 4.74 Å². The highest BCUT2D eigenvalue weighted by Gasteiger charge is 2.23. The highest BCUT2D eigenvalue weighted by Crippen LogP contribution is 2.28. The number of ether oxygens (including phenoxy) is 1. The van der Waals surface area contributed by atoms with Crippen molar-refractivity contribution < 1.29 is 9.66 Å². The molecule has 0 aliphatic heterocycles. The van der Waals surface area contributed by atoms with E-state index in [0.717, 1.165) is 12.8 Å². The molecule has 0 unspecified atom stereocenters. The molecule has 0 aliphatic rings. The summed E-state index contributed by atoms with van der Waals surface area (Å²) in [6, 6.07) is 0. The van der Waals surface area contributed by atoms with Crippen molar-refractivity contribution in [1.82, 2.24) is 9.97 Å². The van der Waals surface area contributed by atoms with Gasteiger partial charge in [-0.15, -0.1) is 0 Å². The summed E-state index contributed by atoms with van der Waals surface area (Å²) in [5.74, 6) is 0.514. The summed E-state index contributed by atoms with van der Waals surface area (Å²) < 4.78 is 5.33. The number of aromatic nitrogens is 2. The molecule has 7 heteroatoms. The zero-order valence-electron chi connectivity index (χ0n) is 10.6. The summed E-state index contributed by atoms with van der Waals surface area (Å²) in [5.41, 5.74) is -0.0113. The van der Waals surface area contributed by atoms with E-state index in [4.69, 9.17) is 16.3 Å². The van der Waals surface area contributed by atoms with Gasteiger partial charge in [0.1, 0.15) is 5.69 Å². The summed E-state index contributed by atoms with van der Waals surface area (Å²) in [7, 11) is 0. The number of hydrogen-bond donors (Lipinski definition) is 0. The van der Waals surface area contributed by atoms with Gasteiger partial charge in [0, 0.05) is 0 Å². The average Bonchev–Trinajstić information content (AvgIpc) is 2.22. The van der Waals surface area contributed by atoms with E-state index >= 15 is 0 Å². The van der Waals surface area contributed by atoms with E-state index < -0.39 is 4.92 Å². The molecule has 1 heterocycles. The molecule has 0 spiro atoms. The van der Waals surface area contributed by atoms with Gasteiger partial charge in [-0.3, -0.25) is 10.1 Å². The summed E-state index contributed by atoms with van der Waals surface area (Å²) in [6.45, 7) is 6.10. The third-order valence-corrected chi connectivity index (χ3v) is 2.52. The fourth-order valence-corrected chi connectivity index (χ4v) is 1.68. The lowest BCUT2D eigenvalue weighted by molar-refractivity contribution is -0.387. The maximum atomic E-state index is 10.9. The largest absolute Gasteiger partial charge is 0.473 e. The molecule has 1 aromatic heterocycles. The van der Waals surface area contributed by atoms with Gasteiger partial charge in [-0.1, -0.05) is 13.8 Å². The maximum Gasteiger partial charge on any atom is 0.352 e. The highest BCUT2D eigenvalue weighted by atomic mass is 35.5. The number of hydrogen-bond acceptors (Lipinski definition) is 5. The molecule has 0 amide bonds. The number of nitrogens with zero attached hydrogens (tertiary/aromatic N) is 3. The lowest BCUT2D eigenvalue weighted by Gasteiger charge is -2.08. The van der Waals surface area contributed by atoms with Crippen LogP contribution in [-0.4, -0.2) is 21.5 Å². The molecule has 0 aliphatic carbocycles. The van der Waals surface area contributed by atoms with Crippen molar-refractivity contribution in [2.75, 3.05) is 6.61 Å². The summed E-state index contributed by atoms with van der Waals surface area (Å²) in [4.78, 5) is 17.9. The summed E-state index contributed by atoms with van der Waals surface area (Å²) >= 11 is 5.67. The predicted octanol–water partition coefficient (Wildman–Crippen LogP) is 3.16. The Morgan fingerprint density at radius 3 is 2.67 bits per heavy atom. The van der Waals surface area contributed by atoms with Crippen LogP contribution in [-0.2, 0) is 0 Å². The molecule has 0 radical (unpaired) electrons. The third-order valence-electron chi connectivity index (χ3n) is 2.35. The molecule has 0 fully saturated rings. The quantitative estimate of drug-likeness (QED) is 0.344. The van der Waals surface area contributed by atoms with Crippen molar-refractivity contribution in [1.29, 1.82) is 0 Å². The van der Waals surface area contributed by atoms with Crippen molar-refractivity contribution in [3.05, 3.63) is 21.1 Å². The Bertz CT molecular complexity index is 438. The first-order chi connectivity index (χ1) is 8.41. The molecule has 100 valence electrons. The lowest BCUT2D eigenvalue weighted by atomic mass is 10.1. The minimum atomic E-state index is -0.552. The average molecular weight is 274 g/mol. The van der Waals surface area contributed by atoms with E-state index in [-0.39, 0.29) is 22.5 Å². The van der Waals surface area contributed by atoms with Gasteiger partial charge >= 0.3 is 5.69 Å².